The van der Waals surface area contributed by atoms with Crippen LogP contribution in [0.3, 0.4) is 0 Å². The van der Waals surface area contributed by atoms with E-state index in [2.05, 4.69) is 10.2 Å². The van der Waals surface area contributed by atoms with Gasteiger partial charge in [-0.2, -0.15) is 0 Å². The Hall–Kier alpha value is -5.52. The summed E-state index contributed by atoms with van der Waals surface area (Å²) in [4.78, 5) is 80.6. The second-order valence-corrected chi connectivity index (χ2v) is 9.53. The van der Waals surface area contributed by atoms with Crippen molar-refractivity contribution in [2.75, 3.05) is 40.2 Å². The Morgan fingerprint density at radius 2 is 1.52 bits per heavy atom. The summed E-state index contributed by atoms with van der Waals surface area (Å²) in [5.41, 5.74) is 0.138. The molecule has 2 aliphatic heterocycles. The third-order valence-electron chi connectivity index (χ3n) is 6.98. The smallest absolute Gasteiger partial charge is 0.349 e. The molecule has 0 saturated carbocycles. The van der Waals surface area contributed by atoms with Crippen LogP contribution in [0.15, 0.2) is 75.2 Å². The van der Waals surface area contributed by atoms with E-state index in [9.17, 15) is 28.8 Å². The lowest BCUT2D eigenvalue weighted by Crippen LogP contribution is -2.33. The molecule has 12 nitrogen and oxygen atoms in total. The lowest BCUT2D eigenvalue weighted by atomic mass is 10.1. The maximum absolute atomic E-state index is 13.3. The fourth-order valence-corrected chi connectivity index (χ4v) is 4.84. The number of hydrogen-bond acceptors (Lipinski definition) is 9. The van der Waals surface area contributed by atoms with Crippen molar-refractivity contribution < 1.29 is 33.1 Å². The number of fused-ring (bicyclic) bond motifs is 1. The van der Waals surface area contributed by atoms with E-state index in [1.165, 1.54) is 38.3 Å². The molecule has 0 bridgehead atoms. The molecule has 2 aromatic carbocycles. The van der Waals surface area contributed by atoms with Crippen LogP contribution in [0.4, 0.5) is 22.7 Å². The molecule has 42 heavy (non-hydrogen) atoms. The Labute approximate surface area is 239 Å². The maximum atomic E-state index is 13.3. The number of amides is 5. The number of hydrogen-bond donors (Lipinski definition) is 1. The molecule has 1 N–H and O–H groups in total. The zero-order valence-corrected chi connectivity index (χ0v) is 23.2. The van der Waals surface area contributed by atoms with Gasteiger partial charge >= 0.3 is 11.5 Å². The van der Waals surface area contributed by atoms with Crippen LogP contribution in [0.25, 0.3) is 11.0 Å². The summed E-state index contributed by atoms with van der Waals surface area (Å²) < 4.78 is 10.4. The third kappa shape index (κ3) is 4.83. The number of carbonyl (C=O) groups excluding carboxylic acids is 5. The predicted molar refractivity (Wildman–Crippen MR) is 154 cm³/mol. The van der Waals surface area contributed by atoms with Crippen molar-refractivity contribution in [2.45, 2.75) is 20.8 Å². The van der Waals surface area contributed by atoms with Crippen molar-refractivity contribution in [3.63, 3.8) is 0 Å². The van der Waals surface area contributed by atoms with E-state index >= 15 is 0 Å². The van der Waals surface area contributed by atoms with Crippen LogP contribution in [-0.2, 0) is 23.9 Å². The second-order valence-electron chi connectivity index (χ2n) is 9.53. The molecule has 0 saturated heterocycles. The maximum Gasteiger partial charge on any atom is 0.349 e. The van der Waals surface area contributed by atoms with E-state index < -0.39 is 35.2 Å². The largest absolute Gasteiger partial charge is 0.491 e. The first-order valence-corrected chi connectivity index (χ1v) is 13.1. The molecule has 0 aliphatic carbocycles. The fraction of sp³-hybridized carbons (Fsp3) is 0.200. The molecule has 214 valence electrons. The molecular weight excluding hydrogens is 544 g/mol. The van der Waals surface area contributed by atoms with Crippen molar-refractivity contribution in [3.05, 3.63) is 81.9 Å². The first kappa shape index (κ1) is 28.0. The molecule has 5 rings (SSSR count). The molecule has 0 unspecified atom stereocenters. The van der Waals surface area contributed by atoms with E-state index in [0.29, 0.717) is 11.0 Å². The monoisotopic (exact) mass is 570 g/mol. The van der Waals surface area contributed by atoms with Gasteiger partial charge in [0.2, 0.25) is 0 Å². The molecule has 12 heteroatoms. The van der Waals surface area contributed by atoms with E-state index in [-0.39, 0.29) is 34.0 Å². The van der Waals surface area contributed by atoms with Gasteiger partial charge in [-0.1, -0.05) is 0 Å². The zero-order valence-electron chi connectivity index (χ0n) is 23.2. The van der Waals surface area contributed by atoms with Crippen LogP contribution in [0.1, 0.15) is 31.1 Å². The lowest BCUT2D eigenvalue weighted by molar-refractivity contribution is -0.122. The first-order valence-electron chi connectivity index (χ1n) is 13.1. The lowest BCUT2D eigenvalue weighted by Gasteiger charge is -2.21. The highest BCUT2D eigenvalue weighted by Crippen LogP contribution is 2.33. The van der Waals surface area contributed by atoms with Crippen LogP contribution < -0.4 is 25.6 Å². The van der Waals surface area contributed by atoms with Crippen LogP contribution in [0.5, 0.6) is 0 Å². The number of nitrogens with one attached hydrogen (secondary N) is 1. The average molecular weight is 571 g/mol. The third-order valence-corrected chi connectivity index (χ3v) is 6.98. The fourth-order valence-electron chi connectivity index (χ4n) is 4.84. The molecule has 3 heterocycles. The number of ether oxygens (including phenoxy) is 1. The van der Waals surface area contributed by atoms with E-state index in [4.69, 9.17) is 9.15 Å². The second kappa shape index (κ2) is 10.8. The average Bonchev–Trinajstić information content (AvgIpc) is 3.39. The summed E-state index contributed by atoms with van der Waals surface area (Å²) in [6.07, 6.45) is 2.15. The van der Waals surface area contributed by atoms with E-state index in [1.54, 1.807) is 12.1 Å². The highest BCUT2D eigenvalue weighted by molar-refractivity contribution is 6.32. The SMILES string of the molecule is CCN(CC)c1ccc2cc(C(=O)Nc3cc(N4C(=O)C=C(C)C4=O)cc(N4C(=O)C=C(OC)C4=O)c3)c(=O)oc2c1. The molecule has 3 aromatic rings. The summed E-state index contributed by atoms with van der Waals surface area (Å²) in [6, 6.07) is 10.6. The minimum atomic E-state index is -0.878. The van der Waals surface area contributed by atoms with Crippen LogP contribution in [0, 0.1) is 0 Å². The number of benzene rings is 2. The number of methoxy groups -OCH3 is 1. The summed E-state index contributed by atoms with van der Waals surface area (Å²) in [5, 5.41) is 3.08. The van der Waals surface area contributed by atoms with Crippen LogP contribution in [-0.4, -0.2) is 49.7 Å². The van der Waals surface area contributed by atoms with Gasteiger partial charge in [-0.25, -0.2) is 14.6 Å². The van der Waals surface area contributed by atoms with Crippen molar-refractivity contribution in [2.24, 2.45) is 0 Å². The highest BCUT2D eigenvalue weighted by atomic mass is 16.5. The molecule has 2 aliphatic rings. The quantitative estimate of drug-likeness (QED) is 0.319. The Balaban J connectivity index is 1.53. The number of rotatable bonds is 8. The van der Waals surface area contributed by atoms with Crippen molar-refractivity contribution in [1.82, 2.24) is 0 Å². The number of carbonyl (C=O) groups is 5. The molecule has 5 amide bonds. The summed E-state index contributed by atoms with van der Waals surface area (Å²) in [5.74, 6) is -3.79. The Morgan fingerprint density at radius 1 is 0.881 bits per heavy atom. The van der Waals surface area contributed by atoms with Gasteiger partial charge in [0.25, 0.3) is 23.6 Å². The standard InChI is InChI=1S/C30H26N4O8/c1-5-32(6-2)19-8-7-17-10-22(30(40)42-23(17)14-19)27(37)31-18-11-20(33-25(35)9-16(3)28(33)38)13-21(12-18)34-26(36)15-24(41-4)29(34)39/h7-15H,5-6H2,1-4H3,(H,31,37). The van der Waals surface area contributed by atoms with Crippen LogP contribution >= 0.6 is 0 Å². The minimum Gasteiger partial charge on any atom is -0.491 e. The molecule has 1 aromatic heterocycles. The topological polar surface area (TPSA) is 147 Å². The number of imide groups is 2. The van der Waals surface area contributed by atoms with Crippen molar-refractivity contribution in [3.8, 4) is 0 Å². The van der Waals surface area contributed by atoms with Crippen molar-refractivity contribution >= 4 is 63.3 Å². The molecule has 0 radical (unpaired) electrons. The van der Waals surface area contributed by atoms with Gasteiger partial charge in [-0.05, 0) is 57.2 Å². The van der Waals surface area contributed by atoms with Gasteiger partial charge in [0.15, 0.2) is 5.76 Å². The molecule has 0 atom stereocenters. The normalized spacial score (nSPS) is 15.0. The molecule has 0 fully saturated rings. The van der Waals surface area contributed by atoms with Gasteiger partial charge in [0, 0.05) is 47.6 Å². The van der Waals surface area contributed by atoms with Gasteiger partial charge in [0.05, 0.1) is 24.6 Å². The minimum absolute atomic E-state index is 0.000461. The predicted octanol–water partition coefficient (Wildman–Crippen LogP) is 3.11. The molecule has 0 spiro atoms. The number of nitrogens with zero attached hydrogens (tertiary/aromatic N) is 3. The van der Waals surface area contributed by atoms with Gasteiger partial charge in [0.1, 0.15) is 11.1 Å². The van der Waals surface area contributed by atoms with Gasteiger partial charge in [-0.3, -0.25) is 24.0 Å². The van der Waals surface area contributed by atoms with Crippen molar-refractivity contribution in [1.29, 1.82) is 0 Å². The number of anilines is 4. The Morgan fingerprint density at radius 3 is 2.10 bits per heavy atom. The van der Waals surface area contributed by atoms with Gasteiger partial charge < -0.3 is 19.4 Å². The van der Waals surface area contributed by atoms with E-state index in [0.717, 1.165) is 40.7 Å². The van der Waals surface area contributed by atoms with Gasteiger partial charge in [-0.15, -0.1) is 0 Å². The summed E-state index contributed by atoms with van der Waals surface area (Å²) in [7, 11) is 1.23. The Bertz CT molecular complexity index is 1820. The van der Waals surface area contributed by atoms with E-state index in [1.807, 2.05) is 19.9 Å². The molecular formula is C30H26N4O8. The van der Waals surface area contributed by atoms with Crippen LogP contribution in [0.2, 0.25) is 0 Å². The highest BCUT2D eigenvalue weighted by Gasteiger charge is 2.36. The Kier molecular flexibility index (Phi) is 7.21. The summed E-state index contributed by atoms with van der Waals surface area (Å²) >= 11 is 0. The zero-order chi connectivity index (χ0) is 30.3. The first-order chi connectivity index (χ1) is 20.1. The summed E-state index contributed by atoms with van der Waals surface area (Å²) in [6.45, 7) is 7.00.